The standard InChI is InChI=1S/C25H22ClNO3/c1-29-24-15-18(26)13-12-17(24)7-6-14-27-25(28)30-16-23-21-10-4-2-8-19(21)20-9-3-5-11-22(20)23/h2-13,15,23H,14,16H2,1H3,(H,27,28). The second-order valence-corrected chi connectivity index (χ2v) is 7.43. The molecule has 3 aromatic carbocycles. The molecule has 3 aromatic rings. The molecule has 0 aromatic heterocycles. The summed E-state index contributed by atoms with van der Waals surface area (Å²) in [6.07, 6.45) is 3.27. The Hall–Kier alpha value is -3.24. The highest BCUT2D eigenvalue weighted by atomic mass is 35.5. The van der Waals surface area contributed by atoms with Gasteiger partial charge >= 0.3 is 6.09 Å². The lowest BCUT2D eigenvalue weighted by atomic mass is 9.98. The van der Waals surface area contributed by atoms with Crippen LogP contribution >= 0.6 is 11.6 Å². The second-order valence-electron chi connectivity index (χ2n) is 7.00. The minimum Gasteiger partial charge on any atom is -0.496 e. The van der Waals surface area contributed by atoms with Crippen LogP contribution in [-0.4, -0.2) is 26.4 Å². The van der Waals surface area contributed by atoms with Crippen LogP contribution in [0.4, 0.5) is 4.79 Å². The van der Waals surface area contributed by atoms with Crippen LogP contribution in [0.3, 0.4) is 0 Å². The van der Waals surface area contributed by atoms with Gasteiger partial charge in [-0.05, 0) is 40.5 Å². The Morgan fingerprint density at radius 2 is 1.70 bits per heavy atom. The van der Waals surface area contributed by atoms with Gasteiger partial charge in [0.15, 0.2) is 0 Å². The first-order valence-corrected chi connectivity index (χ1v) is 10.1. The van der Waals surface area contributed by atoms with Crippen molar-refractivity contribution >= 4 is 23.8 Å². The predicted octanol–water partition coefficient (Wildman–Crippen LogP) is 5.90. The fraction of sp³-hybridized carbons (Fsp3) is 0.160. The number of rotatable bonds is 6. The molecule has 0 atom stereocenters. The maximum Gasteiger partial charge on any atom is 0.407 e. The minimum atomic E-state index is -0.440. The third-order valence-electron chi connectivity index (χ3n) is 5.20. The lowest BCUT2D eigenvalue weighted by Crippen LogP contribution is -2.26. The van der Waals surface area contributed by atoms with Crippen molar-refractivity contribution in [1.29, 1.82) is 0 Å². The average Bonchev–Trinajstić information content (AvgIpc) is 3.10. The number of alkyl carbamates (subject to hydrolysis) is 1. The third-order valence-corrected chi connectivity index (χ3v) is 5.44. The molecular formula is C25H22ClNO3. The largest absolute Gasteiger partial charge is 0.496 e. The topological polar surface area (TPSA) is 47.6 Å². The van der Waals surface area contributed by atoms with E-state index in [1.165, 1.54) is 22.3 Å². The van der Waals surface area contributed by atoms with Crippen molar-refractivity contribution in [3.05, 3.63) is 94.5 Å². The normalized spacial score (nSPS) is 12.5. The first-order chi connectivity index (χ1) is 14.7. The number of methoxy groups -OCH3 is 1. The van der Waals surface area contributed by atoms with E-state index in [-0.39, 0.29) is 5.92 Å². The summed E-state index contributed by atoms with van der Waals surface area (Å²) >= 11 is 5.97. The molecule has 0 spiro atoms. The minimum absolute atomic E-state index is 0.0528. The molecule has 1 aliphatic rings. The predicted molar refractivity (Wildman–Crippen MR) is 120 cm³/mol. The maximum absolute atomic E-state index is 12.2. The molecular weight excluding hydrogens is 398 g/mol. The molecule has 4 rings (SSSR count). The Bertz CT molecular complexity index is 1050. The van der Waals surface area contributed by atoms with Crippen molar-refractivity contribution in [3.8, 4) is 16.9 Å². The second kappa shape index (κ2) is 9.06. The molecule has 0 radical (unpaired) electrons. The quantitative estimate of drug-likeness (QED) is 0.541. The van der Waals surface area contributed by atoms with Crippen LogP contribution < -0.4 is 10.1 Å². The summed E-state index contributed by atoms with van der Waals surface area (Å²) in [5.74, 6) is 0.733. The summed E-state index contributed by atoms with van der Waals surface area (Å²) in [7, 11) is 1.60. The Kier molecular flexibility index (Phi) is 6.05. The highest BCUT2D eigenvalue weighted by molar-refractivity contribution is 6.30. The van der Waals surface area contributed by atoms with Crippen LogP contribution in [-0.2, 0) is 4.74 Å². The molecule has 0 saturated heterocycles. The Balaban J connectivity index is 1.34. The molecule has 0 heterocycles. The van der Waals surface area contributed by atoms with Crippen LogP contribution in [0.5, 0.6) is 5.75 Å². The SMILES string of the molecule is COc1cc(Cl)ccc1C=CCNC(=O)OCC1c2ccccc2-c2ccccc21. The van der Waals surface area contributed by atoms with Crippen LogP contribution in [0.2, 0.25) is 5.02 Å². The van der Waals surface area contributed by atoms with E-state index in [9.17, 15) is 4.79 Å². The molecule has 0 saturated carbocycles. The number of hydrogen-bond acceptors (Lipinski definition) is 3. The van der Waals surface area contributed by atoms with Gasteiger partial charge in [-0.2, -0.15) is 0 Å². The zero-order chi connectivity index (χ0) is 20.9. The van der Waals surface area contributed by atoms with Crippen molar-refractivity contribution in [2.75, 3.05) is 20.3 Å². The van der Waals surface area contributed by atoms with E-state index in [0.29, 0.717) is 23.9 Å². The molecule has 0 aliphatic heterocycles. The first-order valence-electron chi connectivity index (χ1n) is 9.76. The Labute approximate surface area is 181 Å². The van der Waals surface area contributed by atoms with Gasteiger partial charge in [-0.3, -0.25) is 0 Å². The van der Waals surface area contributed by atoms with Crippen LogP contribution in [0.1, 0.15) is 22.6 Å². The summed E-state index contributed by atoms with van der Waals surface area (Å²) < 4.78 is 10.8. The zero-order valence-electron chi connectivity index (χ0n) is 16.6. The van der Waals surface area contributed by atoms with Crippen molar-refractivity contribution < 1.29 is 14.3 Å². The molecule has 0 bridgehead atoms. The highest BCUT2D eigenvalue weighted by Gasteiger charge is 2.28. The van der Waals surface area contributed by atoms with E-state index >= 15 is 0 Å². The molecule has 1 amide bonds. The maximum atomic E-state index is 12.2. The average molecular weight is 420 g/mol. The van der Waals surface area contributed by atoms with Crippen molar-refractivity contribution in [2.24, 2.45) is 0 Å². The van der Waals surface area contributed by atoms with Gasteiger partial charge in [-0.25, -0.2) is 4.79 Å². The van der Waals surface area contributed by atoms with Gasteiger partial charge < -0.3 is 14.8 Å². The first kappa shape index (κ1) is 20.0. The van der Waals surface area contributed by atoms with E-state index in [1.54, 1.807) is 19.2 Å². The number of amides is 1. The smallest absolute Gasteiger partial charge is 0.407 e. The summed E-state index contributed by atoms with van der Waals surface area (Å²) in [6, 6.07) is 22.0. The van der Waals surface area contributed by atoms with Gasteiger partial charge in [-0.15, -0.1) is 0 Å². The van der Waals surface area contributed by atoms with Crippen molar-refractivity contribution in [2.45, 2.75) is 5.92 Å². The van der Waals surface area contributed by atoms with Crippen LogP contribution in [0.25, 0.3) is 17.2 Å². The highest BCUT2D eigenvalue weighted by Crippen LogP contribution is 2.44. The number of fused-ring (bicyclic) bond motifs is 3. The van der Waals surface area contributed by atoms with Gasteiger partial charge in [0.2, 0.25) is 0 Å². The zero-order valence-corrected chi connectivity index (χ0v) is 17.4. The lowest BCUT2D eigenvalue weighted by molar-refractivity contribution is 0.144. The molecule has 5 heteroatoms. The van der Waals surface area contributed by atoms with Crippen LogP contribution in [0, 0.1) is 0 Å². The molecule has 1 N–H and O–H groups in total. The van der Waals surface area contributed by atoms with Crippen molar-refractivity contribution in [1.82, 2.24) is 5.32 Å². The van der Waals surface area contributed by atoms with Crippen LogP contribution in [0.15, 0.2) is 72.8 Å². The lowest BCUT2D eigenvalue weighted by Gasteiger charge is -2.14. The summed E-state index contributed by atoms with van der Waals surface area (Å²) in [5.41, 5.74) is 5.70. The number of halogens is 1. The monoisotopic (exact) mass is 419 g/mol. The van der Waals surface area contributed by atoms with Gasteiger partial charge in [0, 0.05) is 23.0 Å². The number of ether oxygens (including phenoxy) is 2. The summed E-state index contributed by atoms with van der Waals surface area (Å²) in [4.78, 5) is 12.2. The van der Waals surface area contributed by atoms with Gasteiger partial charge in [-0.1, -0.05) is 72.3 Å². The molecule has 30 heavy (non-hydrogen) atoms. The Morgan fingerprint density at radius 1 is 1.03 bits per heavy atom. The summed E-state index contributed by atoms with van der Waals surface area (Å²) in [6.45, 7) is 0.650. The fourth-order valence-corrected chi connectivity index (χ4v) is 3.96. The van der Waals surface area contributed by atoms with E-state index in [0.717, 1.165) is 5.56 Å². The van der Waals surface area contributed by atoms with Gasteiger partial charge in [0.25, 0.3) is 0 Å². The molecule has 1 aliphatic carbocycles. The number of carbonyl (C=O) groups is 1. The van der Waals surface area contributed by atoms with Gasteiger partial charge in [0.05, 0.1) is 7.11 Å². The molecule has 0 unspecified atom stereocenters. The Morgan fingerprint density at radius 3 is 2.37 bits per heavy atom. The van der Waals surface area contributed by atoms with E-state index in [4.69, 9.17) is 21.1 Å². The van der Waals surface area contributed by atoms with E-state index in [2.05, 4.69) is 29.6 Å². The van der Waals surface area contributed by atoms with Gasteiger partial charge in [0.1, 0.15) is 12.4 Å². The number of carbonyl (C=O) groups excluding carboxylic acids is 1. The molecule has 152 valence electrons. The van der Waals surface area contributed by atoms with E-state index in [1.807, 2.05) is 42.5 Å². The number of benzene rings is 3. The number of hydrogen-bond donors (Lipinski definition) is 1. The number of nitrogens with one attached hydrogen (secondary N) is 1. The molecule has 4 nitrogen and oxygen atoms in total. The fourth-order valence-electron chi connectivity index (χ4n) is 3.80. The molecule has 0 fully saturated rings. The third kappa shape index (κ3) is 4.19. The van der Waals surface area contributed by atoms with Crippen molar-refractivity contribution in [3.63, 3.8) is 0 Å². The van der Waals surface area contributed by atoms with E-state index < -0.39 is 6.09 Å². The summed E-state index contributed by atoms with van der Waals surface area (Å²) in [5, 5.41) is 3.37.